The molecule has 1 amide bonds. The molecule has 1 aromatic carbocycles. The second-order valence-electron chi connectivity index (χ2n) is 7.72. The second-order valence-corrected chi connectivity index (χ2v) is 8.13. The van der Waals surface area contributed by atoms with Gasteiger partial charge in [-0.15, -0.1) is 0 Å². The van der Waals surface area contributed by atoms with Gasteiger partial charge in [0.25, 0.3) is 5.91 Å². The van der Waals surface area contributed by atoms with Crippen molar-refractivity contribution in [3.05, 3.63) is 41.1 Å². The third-order valence-corrected chi connectivity index (χ3v) is 6.66. The third kappa shape index (κ3) is 3.57. The molecule has 0 aromatic heterocycles. The van der Waals surface area contributed by atoms with Gasteiger partial charge in [-0.25, -0.2) is 4.79 Å². The fourth-order valence-electron chi connectivity index (χ4n) is 5.02. The zero-order valence-corrected chi connectivity index (χ0v) is 16.2. The molecule has 4 rings (SSSR count). The minimum Gasteiger partial charge on any atom is -0.467 e. The number of hydrogen-bond acceptors (Lipinski definition) is 4. The number of hydrogen-bond donors (Lipinski definition) is 0. The fraction of sp³-hybridized carbons (Fsp3) is 0.524. The highest BCUT2D eigenvalue weighted by Crippen LogP contribution is 2.51. The lowest BCUT2D eigenvalue weighted by Gasteiger charge is -2.29. The van der Waals surface area contributed by atoms with Crippen LogP contribution in [-0.2, 0) is 14.3 Å². The number of methoxy groups -OCH3 is 1. The van der Waals surface area contributed by atoms with Crippen LogP contribution in [0.5, 0.6) is 5.75 Å². The molecule has 27 heavy (non-hydrogen) atoms. The molecule has 2 bridgehead atoms. The van der Waals surface area contributed by atoms with Gasteiger partial charge in [0.15, 0.2) is 0 Å². The number of halogens is 1. The first kappa shape index (κ1) is 18.4. The fourth-order valence-corrected chi connectivity index (χ4v) is 5.20. The van der Waals surface area contributed by atoms with Crippen molar-refractivity contribution in [2.45, 2.75) is 38.1 Å². The molecule has 3 aliphatic rings. The predicted octanol–water partition coefficient (Wildman–Crippen LogP) is 3.81. The van der Waals surface area contributed by atoms with E-state index in [4.69, 9.17) is 21.1 Å². The second kappa shape index (κ2) is 7.55. The maximum absolute atomic E-state index is 12.6. The Bertz CT molecular complexity index is 757. The lowest BCUT2D eigenvalue weighted by Crippen LogP contribution is -2.45. The van der Waals surface area contributed by atoms with Crippen molar-refractivity contribution in [2.75, 3.05) is 13.7 Å². The summed E-state index contributed by atoms with van der Waals surface area (Å²) in [6.07, 6.45) is 7.11. The van der Waals surface area contributed by atoms with E-state index in [1.54, 1.807) is 17.0 Å². The summed E-state index contributed by atoms with van der Waals surface area (Å²) in [4.78, 5) is 26.7. The van der Waals surface area contributed by atoms with E-state index >= 15 is 0 Å². The van der Waals surface area contributed by atoms with Crippen LogP contribution in [0.1, 0.15) is 32.1 Å². The first-order chi connectivity index (χ1) is 13.1. The van der Waals surface area contributed by atoms with Gasteiger partial charge in [-0.2, -0.15) is 0 Å². The molecule has 0 radical (unpaired) electrons. The monoisotopic (exact) mass is 389 g/mol. The number of ether oxygens (including phenoxy) is 2. The van der Waals surface area contributed by atoms with Crippen LogP contribution >= 0.6 is 11.6 Å². The molecule has 0 spiro atoms. The maximum atomic E-state index is 12.6. The summed E-state index contributed by atoms with van der Waals surface area (Å²) in [5.41, 5.74) is 0. The van der Waals surface area contributed by atoms with E-state index in [9.17, 15) is 9.59 Å². The maximum Gasteiger partial charge on any atom is 0.328 e. The predicted molar refractivity (Wildman–Crippen MR) is 101 cm³/mol. The molecule has 5 nitrogen and oxygen atoms in total. The number of benzene rings is 1. The number of amides is 1. The minimum absolute atomic E-state index is 0.210. The molecule has 2 fully saturated rings. The molecule has 0 N–H and O–H groups in total. The summed E-state index contributed by atoms with van der Waals surface area (Å²) < 4.78 is 10.8. The highest BCUT2D eigenvalue weighted by atomic mass is 35.5. The van der Waals surface area contributed by atoms with Crippen LogP contribution in [0.2, 0.25) is 5.02 Å². The first-order valence-corrected chi connectivity index (χ1v) is 9.96. The van der Waals surface area contributed by atoms with Gasteiger partial charge >= 0.3 is 5.97 Å². The van der Waals surface area contributed by atoms with Gasteiger partial charge in [0.1, 0.15) is 17.6 Å². The van der Waals surface area contributed by atoms with E-state index in [1.807, 2.05) is 12.1 Å². The van der Waals surface area contributed by atoms with Gasteiger partial charge in [-0.05, 0) is 62.0 Å². The number of para-hydroxylation sites is 1. The normalized spacial score (nSPS) is 27.6. The van der Waals surface area contributed by atoms with Crippen molar-refractivity contribution in [1.82, 2.24) is 4.90 Å². The van der Waals surface area contributed by atoms with Crippen LogP contribution in [0.25, 0.3) is 0 Å². The molecular weight excluding hydrogens is 366 g/mol. The van der Waals surface area contributed by atoms with E-state index in [0.29, 0.717) is 40.7 Å². The smallest absolute Gasteiger partial charge is 0.328 e. The summed E-state index contributed by atoms with van der Waals surface area (Å²) in [6, 6.07) is 6.57. The van der Waals surface area contributed by atoms with Crippen LogP contribution in [-0.4, -0.2) is 36.5 Å². The van der Waals surface area contributed by atoms with Gasteiger partial charge in [0.2, 0.25) is 0 Å². The van der Waals surface area contributed by atoms with E-state index in [0.717, 1.165) is 0 Å². The van der Waals surface area contributed by atoms with Crippen LogP contribution in [0, 0.1) is 17.8 Å². The summed E-state index contributed by atoms with van der Waals surface area (Å²) in [5.74, 6) is 2.33. The molecule has 1 aromatic rings. The Balaban J connectivity index is 1.47. The van der Waals surface area contributed by atoms with Gasteiger partial charge in [-0.3, -0.25) is 4.79 Å². The molecule has 144 valence electrons. The van der Waals surface area contributed by atoms with Crippen molar-refractivity contribution >= 4 is 23.5 Å². The number of rotatable bonds is 6. The van der Waals surface area contributed by atoms with Crippen LogP contribution in [0.4, 0.5) is 0 Å². The first-order valence-electron chi connectivity index (χ1n) is 9.58. The van der Waals surface area contributed by atoms with Gasteiger partial charge < -0.3 is 14.4 Å². The van der Waals surface area contributed by atoms with Gasteiger partial charge in [-0.1, -0.05) is 23.7 Å². The Labute approximate surface area is 164 Å². The van der Waals surface area contributed by atoms with Crippen molar-refractivity contribution in [1.29, 1.82) is 0 Å². The largest absolute Gasteiger partial charge is 0.467 e. The molecule has 2 saturated carbocycles. The molecule has 1 unspecified atom stereocenters. The summed E-state index contributed by atoms with van der Waals surface area (Å²) in [5, 5.41) is 0.483. The standard InChI is InChI=1S/C21H24ClNO4/c1-26-21(25)18(11-16-13-6-7-14(16)9-8-13)23-12-15(10-20(23)24)27-19-5-3-2-4-17(19)22/h2-5,10,13-14,16,18H,6-9,11-12H2,1H3. The Morgan fingerprint density at radius 3 is 2.52 bits per heavy atom. The van der Waals surface area contributed by atoms with Gasteiger partial charge in [0.05, 0.1) is 18.7 Å². The zero-order valence-electron chi connectivity index (χ0n) is 15.4. The Kier molecular flexibility index (Phi) is 5.13. The number of fused-ring (bicyclic) bond motifs is 2. The quantitative estimate of drug-likeness (QED) is 0.694. The third-order valence-electron chi connectivity index (χ3n) is 6.34. The summed E-state index contributed by atoms with van der Waals surface area (Å²) in [7, 11) is 1.38. The minimum atomic E-state index is -0.558. The van der Waals surface area contributed by atoms with Crippen molar-refractivity contribution < 1.29 is 19.1 Å². The lowest BCUT2D eigenvalue weighted by molar-refractivity contribution is -0.151. The molecule has 1 aliphatic heterocycles. The number of nitrogens with zero attached hydrogens (tertiary/aromatic N) is 1. The average molecular weight is 390 g/mol. The number of carbonyl (C=O) groups is 2. The average Bonchev–Trinajstić information content (AvgIpc) is 3.35. The number of esters is 1. The molecule has 1 heterocycles. The SMILES string of the molecule is COC(=O)C(CC1C2CCC1CC2)N1CC(Oc2ccccc2Cl)=CC1=O. The van der Waals surface area contributed by atoms with Gasteiger partial charge in [0, 0.05) is 6.08 Å². The molecule has 0 saturated heterocycles. The zero-order chi connectivity index (χ0) is 19.0. The topological polar surface area (TPSA) is 55.8 Å². The van der Waals surface area contributed by atoms with E-state index in [1.165, 1.54) is 38.9 Å². The number of carbonyl (C=O) groups excluding carboxylic acids is 2. The Hall–Kier alpha value is -2.01. The van der Waals surface area contributed by atoms with E-state index < -0.39 is 6.04 Å². The molecule has 6 heteroatoms. The molecule has 2 aliphatic carbocycles. The summed E-state index contributed by atoms with van der Waals surface area (Å²) >= 11 is 6.14. The van der Waals surface area contributed by atoms with Crippen molar-refractivity contribution in [3.63, 3.8) is 0 Å². The van der Waals surface area contributed by atoms with Crippen molar-refractivity contribution in [3.8, 4) is 5.75 Å². The highest BCUT2D eigenvalue weighted by Gasteiger charge is 2.45. The summed E-state index contributed by atoms with van der Waals surface area (Å²) in [6.45, 7) is 0.256. The van der Waals surface area contributed by atoms with Crippen LogP contribution < -0.4 is 4.74 Å². The van der Waals surface area contributed by atoms with E-state index in [2.05, 4.69) is 0 Å². The Morgan fingerprint density at radius 1 is 1.22 bits per heavy atom. The van der Waals surface area contributed by atoms with E-state index in [-0.39, 0.29) is 18.4 Å². The molecular formula is C21H24ClNO4. The lowest BCUT2D eigenvalue weighted by atomic mass is 9.89. The van der Waals surface area contributed by atoms with Crippen molar-refractivity contribution in [2.24, 2.45) is 17.8 Å². The Morgan fingerprint density at radius 2 is 1.89 bits per heavy atom. The molecule has 1 atom stereocenters. The van der Waals surface area contributed by atoms with Crippen LogP contribution in [0.3, 0.4) is 0 Å². The van der Waals surface area contributed by atoms with Crippen LogP contribution in [0.15, 0.2) is 36.1 Å². The highest BCUT2D eigenvalue weighted by molar-refractivity contribution is 6.32.